The van der Waals surface area contributed by atoms with E-state index in [0.29, 0.717) is 11.8 Å². The van der Waals surface area contributed by atoms with Crippen molar-refractivity contribution in [1.29, 1.82) is 0 Å². The summed E-state index contributed by atoms with van der Waals surface area (Å²) in [6.07, 6.45) is 1.24. The number of carbonyl (C=O) groups excluding carboxylic acids is 2. The molecule has 2 bridgehead atoms. The van der Waals surface area contributed by atoms with Gasteiger partial charge in [0.15, 0.2) is 0 Å². The molecule has 0 unspecified atom stereocenters. The lowest BCUT2D eigenvalue weighted by Crippen LogP contribution is -2.67. The third-order valence-corrected chi connectivity index (χ3v) is 6.30. The molecular weight excluding hydrogens is 240 g/mol. The molecule has 0 spiro atoms. The monoisotopic (exact) mass is 266 g/mol. The van der Waals surface area contributed by atoms with Crippen LogP contribution in [0, 0.1) is 34.5 Å². The number of Topliss-reactive ketones (excluding diaryl/α,β-unsaturated/α-hetero) is 1. The standard InChI is InChI=1S/C16H26O3/c1-9(2)16(5)11(8-13(17)19-6)14(18)10-7-12(16)15(10,3)4/h9-12H,7-8H2,1-6H3/t10-,11-,12-,16+/m1/s1. The zero-order chi connectivity index (χ0) is 14.6. The molecule has 3 fully saturated rings. The van der Waals surface area contributed by atoms with Gasteiger partial charge in [-0.25, -0.2) is 0 Å². The number of carbonyl (C=O) groups is 2. The maximum Gasteiger partial charge on any atom is 0.306 e. The molecule has 3 rings (SSSR count). The largest absolute Gasteiger partial charge is 0.469 e. The highest BCUT2D eigenvalue weighted by atomic mass is 16.5. The van der Waals surface area contributed by atoms with Gasteiger partial charge >= 0.3 is 5.97 Å². The second-order valence-corrected chi connectivity index (χ2v) is 7.42. The average Bonchev–Trinajstić information content (AvgIpc) is 2.32. The predicted molar refractivity (Wildman–Crippen MR) is 73.5 cm³/mol. The van der Waals surface area contributed by atoms with Crippen molar-refractivity contribution in [3.8, 4) is 0 Å². The smallest absolute Gasteiger partial charge is 0.306 e. The molecule has 3 aliphatic rings. The lowest BCUT2D eigenvalue weighted by molar-refractivity contribution is -0.203. The van der Waals surface area contributed by atoms with Crippen LogP contribution in [-0.4, -0.2) is 18.9 Å². The summed E-state index contributed by atoms with van der Waals surface area (Å²) in [6, 6.07) is 0. The van der Waals surface area contributed by atoms with Crippen LogP contribution in [0.4, 0.5) is 0 Å². The van der Waals surface area contributed by atoms with Gasteiger partial charge < -0.3 is 4.74 Å². The quantitative estimate of drug-likeness (QED) is 0.737. The summed E-state index contributed by atoms with van der Waals surface area (Å²) >= 11 is 0. The summed E-state index contributed by atoms with van der Waals surface area (Å²) in [5.74, 6) is 0.906. The van der Waals surface area contributed by atoms with Crippen LogP contribution in [-0.2, 0) is 14.3 Å². The molecule has 108 valence electrons. The van der Waals surface area contributed by atoms with Crippen LogP contribution in [0.2, 0.25) is 0 Å². The van der Waals surface area contributed by atoms with Crippen molar-refractivity contribution in [2.24, 2.45) is 34.5 Å². The fourth-order valence-electron chi connectivity index (χ4n) is 4.63. The Bertz CT molecular complexity index is 410. The van der Waals surface area contributed by atoms with Gasteiger partial charge in [0.05, 0.1) is 13.5 Å². The number of hydrogen-bond acceptors (Lipinski definition) is 3. The molecule has 0 N–H and O–H groups in total. The molecule has 0 saturated heterocycles. The van der Waals surface area contributed by atoms with E-state index in [4.69, 9.17) is 4.74 Å². The number of esters is 1. The van der Waals surface area contributed by atoms with Crippen LogP contribution in [0.5, 0.6) is 0 Å². The first-order valence-electron chi connectivity index (χ1n) is 7.27. The zero-order valence-electron chi connectivity index (χ0n) is 12.9. The predicted octanol–water partition coefficient (Wildman–Crippen LogP) is 3.07. The van der Waals surface area contributed by atoms with Crippen LogP contribution in [0.25, 0.3) is 0 Å². The van der Waals surface area contributed by atoms with Gasteiger partial charge in [-0.15, -0.1) is 0 Å². The highest BCUT2D eigenvalue weighted by Crippen LogP contribution is 2.68. The van der Waals surface area contributed by atoms with E-state index >= 15 is 0 Å². The molecular formula is C16H26O3. The summed E-state index contributed by atoms with van der Waals surface area (Å²) in [4.78, 5) is 24.4. The van der Waals surface area contributed by atoms with Crippen LogP contribution < -0.4 is 0 Å². The summed E-state index contributed by atoms with van der Waals surface area (Å²) < 4.78 is 4.79. The van der Waals surface area contributed by atoms with E-state index in [1.165, 1.54) is 7.11 Å². The first-order chi connectivity index (χ1) is 8.67. The van der Waals surface area contributed by atoms with E-state index in [1.54, 1.807) is 0 Å². The molecule has 3 saturated carbocycles. The Kier molecular flexibility index (Phi) is 3.31. The molecule has 0 aromatic heterocycles. The molecule has 0 amide bonds. The van der Waals surface area contributed by atoms with Gasteiger partial charge in [0.25, 0.3) is 0 Å². The third kappa shape index (κ3) is 1.77. The van der Waals surface area contributed by atoms with Gasteiger partial charge in [0.2, 0.25) is 0 Å². The minimum absolute atomic E-state index is 0.0860. The number of ketones is 1. The van der Waals surface area contributed by atoms with Gasteiger partial charge in [0, 0.05) is 11.8 Å². The van der Waals surface area contributed by atoms with Crippen molar-refractivity contribution >= 4 is 11.8 Å². The topological polar surface area (TPSA) is 43.4 Å². The molecule has 0 aromatic rings. The van der Waals surface area contributed by atoms with E-state index < -0.39 is 0 Å². The Labute approximate surface area is 116 Å². The van der Waals surface area contributed by atoms with E-state index in [1.807, 2.05) is 0 Å². The van der Waals surface area contributed by atoms with Crippen molar-refractivity contribution in [2.75, 3.05) is 7.11 Å². The van der Waals surface area contributed by atoms with Crippen LogP contribution in [0.1, 0.15) is 47.5 Å². The van der Waals surface area contributed by atoms with Gasteiger partial charge in [-0.3, -0.25) is 9.59 Å². The van der Waals surface area contributed by atoms with Crippen molar-refractivity contribution in [1.82, 2.24) is 0 Å². The Hall–Kier alpha value is -0.860. The Morgan fingerprint density at radius 3 is 2.37 bits per heavy atom. The highest BCUT2D eigenvalue weighted by molar-refractivity contribution is 5.91. The molecule has 3 nitrogen and oxygen atoms in total. The SMILES string of the molecule is COC(=O)C[C@@H]1C(=O)[C@H]2C[C@H](C2(C)C)[C@@]1(C)C(C)C. The van der Waals surface area contributed by atoms with Gasteiger partial charge in [0.1, 0.15) is 5.78 Å². The zero-order valence-corrected chi connectivity index (χ0v) is 12.9. The van der Waals surface area contributed by atoms with Crippen LogP contribution in [0.15, 0.2) is 0 Å². The maximum atomic E-state index is 12.7. The van der Waals surface area contributed by atoms with Crippen LogP contribution >= 0.6 is 0 Å². The first-order valence-corrected chi connectivity index (χ1v) is 7.27. The summed E-state index contributed by atoms with van der Waals surface area (Å²) in [5, 5.41) is 0. The average molecular weight is 266 g/mol. The summed E-state index contributed by atoms with van der Waals surface area (Å²) in [7, 11) is 1.40. The summed E-state index contributed by atoms with van der Waals surface area (Å²) in [5.41, 5.74) is -0.00769. The van der Waals surface area contributed by atoms with Crippen LogP contribution in [0.3, 0.4) is 0 Å². The minimum Gasteiger partial charge on any atom is -0.469 e. The Morgan fingerprint density at radius 2 is 1.95 bits per heavy atom. The lowest BCUT2D eigenvalue weighted by atomic mass is 9.36. The third-order valence-electron chi connectivity index (χ3n) is 6.30. The van der Waals surface area contributed by atoms with Crippen molar-refractivity contribution < 1.29 is 14.3 Å². The molecule has 3 heteroatoms. The lowest BCUT2D eigenvalue weighted by Gasteiger charge is -2.67. The Morgan fingerprint density at radius 1 is 1.37 bits per heavy atom. The molecule has 0 aromatic carbocycles. The second kappa shape index (κ2) is 4.32. The minimum atomic E-state index is -0.260. The van der Waals surface area contributed by atoms with Crippen molar-refractivity contribution in [3.63, 3.8) is 0 Å². The fourth-order valence-corrected chi connectivity index (χ4v) is 4.63. The maximum absolute atomic E-state index is 12.7. The fraction of sp³-hybridized carbons (Fsp3) is 0.875. The second-order valence-electron chi connectivity index (χ2n) is 7.42. The normalized spacial score (nSPS) is 39.9. The number of ether oxygens (including phenoxy) is 1. The van der Waals surface area contributed by atoms with Crippen molar-refractivity contribution in [2.45, 2.75) is 47.5 Å². The molecule has 0 aliphatic heterocycles. The molecule has 0 heterocycles. The van der Waals surface area contributed by atoms with E-state index in [0.717, 1.165) is 6.42 Å². The first kappa shape index (κ1) is 14.5. The van der Waals surface area contributed by atoms with E-state index in [9.17, 15) is 9.59 Å². The highest BCUT2D eigenvalue weighted by Gasteiger charge is 2.67. The van der Waals surface area contributed by atoms with Gasteiger partial charge in [-0.05, 0) is 29.1 Å². The number of fused-ring (bicyclic) bond motifs is 2. The van der Waals surface area contributed by atoms with Crippen molar-refractivity contribution in [3.05, 3.63) is 0 Å². The van der Waals surface area contributed by atoms with E-state index in [-0.39, 0.29) is 40.8 Å². The van der Waals surface area contributed by atoms with Gasteiger partial charge in [-0.2, -0.15) is 0 Å². The molecule has 3 aliphatic carbocycles. The molecule has 19 heavy (non-hydrogen) atoms. The number of rotatable bonds is 3. The van der Waals surface area contributed by atoms with E-state index in [2.05, 4.69) is 34.6 Å². The van der Waals surface area contributed by atoms with Gasteiger partial charge in [-0.1, -0.05) is 34.6 Å². The number of methoxy groups -OCH3 is 1. The number of hydrogen-bond donors (Lipinski definition) is 0. The summed E-state index contributed by atoms with van der Waals surface area (Å²) in [6.45, 7) is 11.0. The molecule has 4 atom stereocenters. The Balaban J connectivity index is 2.37. The molecule has 0 radical (unpaired) electrons.